The summed E-state index contributed by atoms with van der Waals surface area (Å²) < 4.78 is 47.5. The lowest BCUT2D eigenvalue weighted by Crippen LogP contribution is -2.39. The van der Waals surface area contributed by atoms with Gasteiger partial charge in [0.15, 0.2) is 0 Å². The number of hydrogen-bond donors (Lipinski definition) is 0. The third-order valence-corrected chi connectivity index (χ3v) is 5.56. The third kappa shape index (κ3) is 5.77. The van der Waals surface area contributed by atoms with E-state index in [0.717, 1.165) is 36.2 Å². The van der Waals surface area contributed by atoms with Gasteiger partial charge in [0.1, 0.15) is 23.1 Å². The Kier molecular flexibility index (Phi) is 7.53. The number of nitrogens with zero attached hydrogens (tertiary/aromatic N) is 1. The van der Waals surface area contributed by atoms with Gasteiger partial charge in [-0.15, -0.1) is 0 Å². The van der Waals surface area contributed by atoms with Gasteiger partial charge in [0.2, 0.25) is 5.91 Å². The van der Waals surface area contributed by atoms with Crippen LogP contribution in [0.2, 0.25) is 0 Å². The molecule has 0 saturated heterocycles. The molecule has 0 aromatic heterocycles. The number of carbonyl (C=O) groups is 1. The van der Waals surface area contributed by atoms with Crippen LogP contribution in [0.3, 0.4) is 0 Å². The number of benzene rings is 2. The summed E-state index contributed by atoms with van der Waals surface area (Å²) in [5.74, 6) is -0.514. The van der Waals surface area contributed by atoms with Crippen molar-refractivity contribution in [2.45, 2.75) is 37.8 Å². The quantitative estimate of drug-likeness (QED) is 0.594. The van der Waals surface area contributed by atoms with E-state index in [0.29, 0.717) is 6.54 Å². The second kappa shape index (κ2) is 9.66. The first-order valence-corrected chi connectivity index (χ1v) is 10.2. The van der Waals surface area contributed by atoms with E-state index in [-0.39, 0.29) is 29.2 Å². The maximum Gasteiger partial charge on any atom is 0.339 e. The van der Waals surface area contributed by atoms with Crippen molar-refractivity contribution in [3.63, 3.8) is 0 Å². The van der Waals surface area contributed by atoms with E-state index in [9.17, 15) is 17.6 Å². The molecule has 0 unspecified atom stereocenters. The lowest BCUT2D eigenvalue weighted by atomic mass is 10.1. The molecule has 0 radical (unpaired) electrons. The smallest absolute Gasteiger partial charge is 0.339 e. The fourth-order valence-corrected chi connectivity index (χ4v) is 3.47. The number of methoxy groups -OCH3 is 1. The Labute approximate surface area is 165 Å². The summed E-state index contributed by atoms with van der Waals surface area (Å²) in [5.41, 5.74) is 0.830. The van der Waals surface area contributed by atoms with Crippen molar-refractivity contribution >= 4 is 16.0 Å². The van der Waals surface area contributed by atoms with Gasteiger partial charge in [-0.3, -0.25) is 4.79 Å². The molecule has 0 aliphatic heterocycles. The zero-order chi connectivity index (χ0) is 20.7. The zero-order valence-corrected chi connectivity index (χ0v) is 16.9. The van der Waals surface area contributed by atoms with Gasteiger partial charge in [0.25, 0.3) is 0 Å². The van der Waals surface area contributed by atoms with E-state index in [1.807, 2.05) is 13.8 Å². The molecule has 1 atom stereocenters. The molecule has 0 spiro atoms. The summed E-state index contributed by atoms with van der Waals surface area (Å²) >= 11 is 0. The number of amides is 1. The molecule has 0 saturated carbocycles. The van der Waals surface area contributed by atoms with E-state index in [1.165, 1.54) is 19.2 Å². The molecule has 0 heterocycles. The Morgan fingerprint density at radius 3 is 2.25 bits per heavy atom. The molecular formula is C20H24FNO5S. The highest BCUT2D eigenvalue weighted by Gasteiger charge is 2.20. The van der Waals surface area contributed by atoms with Crippen molar-refractivity contribution in [2.75, 3.05) is 13.7 Å². The molecular weight excluding hydrogens is 385 g/mol. The van der Waals surface area contributed by atoms with Crippen LogP contribution in [0.15, 0.2) is 53.4 Å². The van der Waals surface area contributed by atoms with Crippen LogP contribution in [0.5, 0.6) is 5.75 Å². The Morgan fingerprint density at radius 1 is 1.11 bits per heavy atom. The second-order valence-electron chi connectivity index (χ2n) is 6.35. The molecule has 152 valence electrons. The fraction of sp³-hybridized carbons (Fsp3) is 0.350. The summed E-state index contributed by atoms with van der Waals surface area (Å²) in [6.07, 6.45) is 0.798. The van der Waals surface area contributed by atoms with Gasteiger partial charge in [0.05, 0.1) is 0 Å². The number of rotatable bonds is 9. The van der Waals surface area contributed by atoms with Gasteiger partial charge in [-0.1, -0.05) is 19.1 Å². The van der Waals surface area contributed by atoms with Crippen molar-refractivity contribution in [3.05, 3.63) is 59.9 Å². The maximum absolute atomic E-state index is 13.0. The lowest BCUT2D eigenvalue weighted by molar-refractivity contribution is -0.138. The van der Waals surface area contributed by atoms with E-state index in [2.05, 4.69) is 0 Å². The van der Waals surface area contributed by atoms with Crippen LogP contribution in [0.25, 0.3) is 0 Å². The minimum Gasteiger partial charge on any atom is -0.379 e. The molecule has 28 heavy (non-hydrogen) atoms. The molecule has 0 bridgehead atoms. The number of hydrogen-bond acceptors (Lipinski definition) is 5. The van der Waals surface area contributed by atoms with Crippen LogP contribution in [0.4, 0.5) is 4.39 Å². The SMILES string of the molecule is CC[C@H](C)N(Cc1ccc(OS(=O)(=O)c2ccc(F)cc2)cc1)C(=O)COC. The first kappa shape index (κ1) is 21.8. The van der Waals surface area contributed by atoms with Crippen molar-refractivity contribution in [2.24, 2.45) is 0 Å². The minimum atomic E-state index is -4.05. The van der Waals surface area contributed by atoms with E-state index in [4.69, 9.17) is 8.92 Å². The third-order valence-electron chi connectivity index (χ3n) is 4.30. The van der Waals surface area contributed by atoms with Crippen LogP contribution in [0, 0.1) is 5.82 Å². The summed E-state index contributed by atoms with van der Waals surface area (Å²) in [6.45, 7) is 4.33. The monoisotopic (exact) mass is 409 g/mol. The Bertz CT molecular complexity index is 882. The van der Waals surface area contributed by atoms with Gasteiger partial charge in [-0.25, -0.2) is 4.39 Å². The van der Waals surface area contributed by atoms with Crippen LogP contribution < -0.4 is 4.18 Å². The van der Waals surface area contributed by atoms with E-state index in [1.54, 1.807) is 17.0 Å². The van der Waals surface area contributed by atoms with Crippen LogP contribution in [0.1, 0.15) is 25.8 Å². The van der Waals surface area contributed by atoms with Crippen molar-refractivity contribution in [1.82, 2.24) is 4.90 Å². The summed E-state index contributed by atoms with van der Waals surface area (Å²) in [5, 5.41) is 0. The van der Waals surface area contributed by atoms with Gasteiger partial charge in [-0.2, -0.15) is 8.42 Å². The van der Waals surface area contributed by atoms with Crippen LogP contribution in [-0.4, -0.2) is 39.0 Å². The number of halogens is 1. The highest BCUT2D eigenvalue weighted by atomic mass is 32.2. The highest BCUT2D eigenvalue weighted by Crippen LogP contribution is 2.21. The molecule has 2 rings (SSSR count). The first-order valence-electron chi connectivity index (χ1n) is 8.84. The number of ether oxygens (including phenoxy) is 1. The van der Waals surface area contributed by atoms with E-state index >= 15 is 0 Å². The summed E-state index contributed by atoms with van der Waals surface area (Å²) in [7, 11) is -2.58. The predicted molar refractivity (Wildman–Crippen MR) is 103 cm³/mol. The van der Waals surface area contributed by atoms with Crippen LogP contribution in [-0.2, 0) is 26.2 Å². The molecule has 0 aliphatic rings. The molecule has 0 aliphatic carbocycles. The Balaban J connectivity index is 2.11. The maximum atomic E-state index is 13.0. The molecule has 0 N–H and O–H groups in total. The molecule has 8 heteroatoms. The second-order valence-corrected chi connectivity index (χ2v) is 7.89. The van der Waals surface area contributed by atoms with Crippen LogP contribution >= 0.6 is 0 Å². The zero-order valence-electron chi connectivity index (χ0n) is 16.1. The first-order chi connectivity index (χ1) is 13.3. The molecule has 2 aromatic carbocycles. The largest absolute Gasteiger partial charge is 0.379 e. The topological polar surface area (TPSA) is 72.9 Å². The van der Waals surface area contributed by atoms with E-state index < -0.39 is 15.9 Å². The average molecular weight is 409 g/mol. The standard InChI is InChI=1S/C20H24FNO5S/c1-4-15(2)22(20(23)14-26-3)13-16-5-9-18(10-6-16)27-28(24,25)19-11-7-17(21)8-12-19/h5-12,15H,4,13-14H2,1-3H3/t15-/m0/s1. The van der Waals surface area contributed by atoms with Crippen molar-refractivity contribution in [1.29, 1.82) is 0 Å². The summed E-state index contributed by atoms with van der Waals surface area (Å²) in [4.78, 5) is 13.8. The van der Waals surface area contributed by atoms with Gasteiger partial charge in [-0.05, 0) is 55.3 Å². The summed E-state index contributed by atoms with van der Waals surface area (Å²) in [6, 6.07) is 10.9. The van der Waals surface area contributed by atoms with Gasteiger partial charge in [0, 0.05) is 19.7 Å². The van der Waals surface area contributed by atoms with Gasteiger partial charge < -0.3 is 13.8 Å². The molecule has 2 aromatic rings. The normalized spacial score (nSPS) is 12.4. The lowest BCUT2D eigenvalue weighted by Gasteiger charge is -2.28. The minimum absolute atomic E-state index is 0.00144. The number of carbonyl (C=O) groups excluding carboxylic acids is 1. The molecule has 6 nitrogen and oxygen atoms in total. The average Bonchev–Trinajstić information content (AvgIpc) is 2.67. The van der Waals surface area contributed by atoms with Gasteiger partial charge >= 0.3 is 10.1 Å². The fourth-order valence-electron chi connectivity index (χ4n) is 2.54. The molecule has 1 amide bonds. The Hall–Kier alpha value is -2.45. The Morgan fingerprint density at radius 2 is 1.71 bits per heavy atom. The molecule has 0 fully saturated rings. The highest BCUT2D eigenvalue weighted by molar-refractivity contribution is 7.87. The van der Waals surface area contributed by atoms with Crippen molar-refractivity contribution in [3.8, 4) is 5.75 Å². The predicted octanol–water partition coefficient (Wildman–Crippen LogP) is 3.37. The van der Waals surface area contributed by atoms with Crippen molar-refractivity contribution < 1.29 is 26.5 Å².